The van der Waals surface area contributed by atoms with Crippen molar-refractivity contribution in [2.24, 2.45) is 5.92 Å². The van der Waals surface area contributed by atoms with Gasteiger partial charge in [-0.2, -0.15) is 0 Å². The molecule has 1 aromatic rings. The van der Waals surface area contributed by atoms with Crippen molar-refractivity contribution in [1.82, 2.24) is 14.9 Å². The molecule has 1 heterocycles. The van der Waals surface area contributed by atoms with Gasteiger partial charge in [-0.15, -0.1) is 10.2 Å². The molecule has 86 valence electrons. The fraction of sp³-hybridized carbons (Fsp3) is 0.500. The van der Waals surface area contributed by atoms with E-state index in [2.05, 4.69) is 41.6 Å². The Morgan fingerprint density at radius 3 is 2.81 bits per heavy atom. The van der Waals surface area contributed by atoms with Gasteiger partial charge in [-0.1, -0.05) is 26.0 Å². The van der Waals surface area contributed by atoms with Crippen LogP contribution in [0.4, 0.5) is 0 Å². The predicted molar refractivity (Wildman–Crippen MR) is 64.2 cm³/mol. The zero-order valence-electron chi connectivity index (χ0n) is 9.85. The summed E-state index contributed by atoms with van der Waals surface area (Å²) in [5, 5.41) is 7.55. The standard InChI is InChI=1S/C12H18N4/c1-10(2)7-11-5-3-4-6-12(11)15-16-8-13-14-9-16/h6-10,15H,3-5H2,1-2H3/b11-7+. The Labute approximate surface area is 96.0 Å². The minimum atomic E-state index is 0.583. The van der Waals surface area contributed by atoms with Gasteiger partial charge in [-0.05, 0) is 30.8 Å². The Kier molecular flexibility index (Phi) is 3.39. The van der Waals surface area contributed by atoms with E-state index in [1.165, 1.54) is 17.7 Å². The average Bonchev–Trinajstić information content (AvgIpc) is 2.73. The van der Waals surface area contributed by atoms with Crippen LogP contribution in [-0.2, 0) is 0 Å². The van der Waals surface area contributed by atoms with Crippen LogP contribution in [0.3, 0.4) is 0 Å². The number of hydrogen-bond acceptors (Lipinski definition) is 3. The highest BCUT2D eigenvalue weighted by molar-refractivity contribution is 5.36. The van der Waals surface area contributed by atoms with Crippen molar-refractivity contribution in [3.8, 4) is 0 Å². The lowest BCUT2D eigenvalue weighted by Gasteiger charge is -2.19. The summed E-state index contributed by atoms with van der Waals surface area (Å²) in [4.78, 5) is 0. The van der Waals surface area contributed by atoms with E-state index in [9.17, 15) is 0 Å². The van der Waals surface area contributed by atoms with Crippen molar-refractivity contribution in [3.63, 3.8) is 0 Å². The molecular formula is C12H18N4. The summed E-state index contributed by atoms with van der Waals surface area (Å²) in [6.07, 6.45) is 11.4. The highest BCUT2D eigenvalue weighted by atomic mass is 15.5. The Morgan fingerprint density at radius 1 is 1.38 bits per heavy atom. The summed E-state index contributed by atoms with van der Waals surface area (Å²) < 4.78 is 1.78. The number of aromatic nitrogens is 3. The van der Waals surface area contributed by atoms with Gasteiger partial charge in [-0.25, -0.2) is 4.68 Å². The largest absolute Gasteiger partial charge is 0.292 e. The summed E-state index contributed by atoms with van der Waals surface area (Å²) in [7, 11) is 0. The lowest BCUT2D eigenvalue weighted by molar-refractivity contribution is 0.750. The van der Waals surface area contributed by atoms with Gasteiger partial charge in [0.15, 0.2) is 0 Å². The highest BCUT2D eigenvalue weighted by Crippen LogP contribution is 2.24. The molecule has 4 heteroatoms. The van der Waals surface area contributed by atoms with E-state index in [1.807, 2.05) is 0 Å². The van der Waals surface area contributed by atoms with Gasteiger partial charge in [0.25, 0.3) is 0 Å². The van der Waals surface area contributed by atoms with Crippen molar-refractivity contribution < 1.29 is 0 Å². The van der Waals surface area contributed by atoms with Crippen molar-refractivity contribution >= 4 is 0 Å². The second-order valence-corrected chi connectivity index (χ2v) is 4.43. The van der Waals surface area contributed by atoms with Crippen LogP contribution in [0.2, 0.25) is 0 Å². The molecule has 0 radical (unpaired) electrons. The smallest absolute Gasteiger partial charge is 0.139 e. The summed E-state index contributed by atoms with van der Waals surface area (Å²) in [6.45, 7) is 4.41. The van der Waals surface area contributed by atoms with Crippen LogP contribution in [0.15, 0.2) is 36.1 Å². The number of hydrogen-bond donors (Lipinski definition) is 1. The molecule has 0 aliphatic heterocycles. The maximum Gasteiger partial charge on any atom is 0.139 e. The number of allylic oxidation sites excluding steroid dienone is 3. The molecule has 1 aliphatic rings. The molecule has 1 N–H and O–H groups in total. The fourth-order valence-corrected chi connectivity index (χ4v) is 1.90. The molecule has 0 aromatic carbocycles. The number of rotatable bonds is 3. The first-order valence-electron chi connectivity index (χ1n) is 5.78. The summed E-state index contributed by atoms with van der Waals surface area (Å²) in [5.74, 6) is 0.583. The zero-order valence-corrected chi connectivity index (χ0v) is 9.85. The summed E-state index contributed by atoms with van der Waals surface area (Å²) >= 11 is 0. The third-order valence-corrected chi connectivity index (χ3v) is 2.55. The SMILES string of the molecule is CC(C)/C=C1\CCCC=C1Nn1cnnc1. The molecule has 2 rings (SSSR count). The molecule has 0 atom stereocenters. The van der Waals surface area contributed by atoms with Crippen LogP contribution in [0.1, 0.15) is 33.1 Å². The Bertz CT molecular complexity index is 387. The molecule has 0 saturated heterocycles. The molecule has 4 nitrogen and oxygen atoms in total. The molecule has 1 aliphatic carbocycles. The van der Waals surface area contributed by atoms with Gasteiger partial charge in [0, 0.05) is 0 Å². The molecule has 1 aromatic heterocycles. The monoisotopic (exact) mass is 218 g/mol. The van der Waals surface area contributed by atoms with Gasteiger partial charge >= 0.3 is 0 Å². The Hall–Kier alpha value is -1.58. The third-order valence-electron chi connectivity index (χ3n) is 2.55. The maximum absolute atomic E-state index is 3.78. The van der Waals surface area contributed by atoms with E-state index in [4.69, 9.17) is 0 Å². The lowest BCUT2D eigenvalue weighted by Crippen LogP contribution is -2.16. The molecule has 0 fully saturated rings. The van der Waals surface area contributed by atoms with E-state index in [1.54, 1.807) is 17.3 Å². The zero-order chi connectivity index (χ0) is 11.4. The minimum absolute atomic E-state index is 0.583. The quantitative estimate of drug-likeness (QED) is 0.847. The van der Waals surface area contributed by atoms with Gasteiger partial charge in [0.1, 0.15) is 12.7 Å². The van der Waals surface area contributed by atoms with E-state index in [-0.39, 0.29) is 0 Å². The molecule has 0 unspecified atom stereocenters. The molecule has 16 heavy (non-hydrogen) atoms. The molecule has 0 saturated carbocycles. The second-order valence-electron chi connectivity index (χ2n) is 4.43. The second kappa shape index (κ2) is 4.96. The van der Waals surface area contributed by atoms with Gasteiger partial charge in [0.2, 0.25) is 0 Å². The third kappa shape index (κ3) is 2.72. The van der Waals surface area contributed by atoms with Crippen LogP contribution < -0.4 is 5.43 Å². The van der Waals surface area contributed by atoms with Crippen LogP contribution in [0, 0.1) is 5.92 Å². The fourth-order valence-electron chi connectivity index (χ4n) is 1.90. The minimum Gasteiger partial charge on any atom is -0.292 e. The molecule has 0 bridgehead atoms. The van der Waals surface area contributed by atoms with Crippen molar-refractivity contribution in [2.45, 2.75) is 33.1 Å². The first-order valence-corrected chi connectivity index (χ1v) is 5.78. The van der Waals surface area contributed by atoms with E-state index in [0.29, 0.717) is 5.92 Å². The van der Waals surface area contributed by atoms with Crippen LogP contribution >= 0.6 is 0 Å². The number of nitrogens with one attached hydrogen (secondary N) is 1. The molecule has 0 amide bonds. The van der Waals surface area contributed by atoms with Crippen molar-refractivity contribution in [1.29, 1.82) is 0 Å². The van der Waals surface area contributed by atoms with E-state index < -0.39 is 0 Å². The first kappa shape index (κ1) is 10.9. The topological polar surface area (TPSA) is 42.7 Å². The van der Waals surface area contributed by atoms with Crippen molar-refractivity contribution in [2.75, 3.05) is 5.43 Å². The lowest BCUT2D eigenvalue weighted by atomic mass is 9.96. The van der Waals surface area contributed by atoms with Crippen molar-refractivity contribution in [3.05, 3.63) is 36.1 Å². The highest BCUT2D eigenvalue weighted by Gasteiger charge is 2.10. The summed E-state index contributed by atoms with van der Waals surface area (Å²) in [5.41, 5.74) is 5.89. The molecular weight excluding hydrogens is 200 g/mol. The van der Waals surface area contributed by atoms with Crippen LogP contribution in [0.5, 0.6) is 0 Å². The average molecular weight is 218 g/mol. The van der Waals surface area contributed by atoms with Crippen LogP contribution in [0.25, 0.3) is 0 Å². The van der Waals surface area contributed by atoms with E-state index in [0.717, 1.165) is 12.8 Å². The van der Waals surface area contributed by atoms with Gasteiger partial charge in [-0.3, -0.25) is 5.43 Å². The normalized spacial score (nSPS) is 18.9. The van der Waals surface area contributed by atoms with Gasteiger partial charge < -0.3 is 0 Å². The Morgan fingerprint density at radius 2 is 2.12 bits per heavy atom. The maximum atomic E-state index is 3.78. The van der Waals surface area contributed by atoms with Gasteiger partial charge in [0.05, 0.1) is 5.70 Å². The number of nitrogens with zero attached hydrogens (tertiary/aromatic N) is 3. The predicted octanol–water partition coefficient (Wildman–Crippen LogP) is 2.47. The van der Waals surface area contributed by atoms with Crippen LogP contribution in [-0.4, -0.2) is 14.9 Å². The Balaban J connectivity index is 2.14. The van der Waals surface area contributed by atoms with E-state index >= 15 is 0 Å². The molecule has 0 spiro atoms. The first-order chi connectivity index (χ1) is 7.75. The summed E-state index contributed by atoms with van der Waals surface area (Å²) in [6, 6.07) is 0.